The van der Waals surface area contributed by atoms with Crippen molar-refractivity contribution in [2.75, 3.05) is 0 Å². The Balaban J connectivity index is 2.16. The first-order valence-corrected chi connectivity index (χ1v) is 5.55. The zero-order valence-corrected chi connectivity index (χ0v) is 9.93. The normalized spacial score (nSPS) is 9.42. The predicted molar refractivity (Wildman–Crippen MR) is 66.6 cm³/mol. The molecule has 0 amide bonds. The summed E-state index contributed by atoms with van der Waals surface area (Å²) in [6, 6.07) is 14.8. The van der Waals surface area contributed by atoms with E-state index in [4.69, 9.17) is 15.3 Å². The molecule has 19 heavy (non-hydrogen) atoms. The molecule has 0 bridgehead atoms. The van der Waals surface area contributed by atoms with Crippen LogP contribution in [0.25, 0.3) is 0 Å². The maximum atomic E-state index is 13.6. The minimum Gasteiger partial charge on any atom is -0.487 e. The van der Waals surface area contributed by atoms with Gasteiger partial charge in [-0.3, -0.25) is 0 Å². The van der Waals surface area contributed by atoms with Gasteiger partial charge in [-0.05, 0) is 24.3 Å². The van der Waals surface area contributed by atoms with Crippen molar-refractivity contribution in [3.63, 3.8) is 0 Å². The van der Waals surface area contributed by atoms with E-state index in [1.54, 1.807) is 24.3 Å². The Morgan fingerprint density at radius 2 is 1.84 bits per heavy atom. The van der Waals surface area contributed by atoms with Crippen LogP contribution in [-0.4, -0.2) is 0 Å². The molecule has 3 nitrogen and oxygen atoms in total. The third kappa shape index (κ3) is 2.88. The molecule has 0 radical (unpaired) electrons. The summed E-state index contributed by atoms with van der Waals surface area (Å²) in [5.41, 5.74) is 1.00. The van der Waals surface area contributed by atoms with E-state index >= 15 is 0 Å². The lowest BCUT2D eigenvalue weighted by Gasteiger charge is -2.08. The Kier molecular flexibility index (Phi) is 3.75. The van der Waals surface area contributed by atoms with Crippen molar-refractivity contribution >= 4 is 0 Å². The number of nitriles is 2. The van der Waals surface area contributed by atoms with Crippen LogP contribution in [0, 0.1) is 28.5 Å². The molecule has 0 fully saturated rings. The van der Waals surface area contributed by atoms with Crippen LogP contribution in [-0.2, 0) is 6.61 Å². The second kappa shape index (κ2) is 5.66. The highest BCUT2D eigenvalue weighted by Gasteiger charge is 2.06. The highest BCUT2D eigenvalue weighted by atomic mass is 19.1. The van der Waals surface area contributed by atoms with E-state index in [-0.39, 0.29) is 12.2 Å². The van der Waals surface area contributed by atoms with Crippen LogP contribution in [0.15, 0.2) is 42.5 Å². The summed E-state index contributed by atoms with van der Waals surface area (Å²) >= 11 is 0. The average Bonchev–Trinajstić information content (AvgIpc) is 2.46. The van der Waals surface area contributed by atoms with Crippen LogP contribution in [0.5, 0.6) is 5.75 Å². The highest BCUT2D eigenvalue weighted by molar-refractivity contribution is 5.42. The van der Waals surface area contributed by atoms with E-state index in [1.807, 2.05) is 12.1 Å². The Morgan fingerprint density at radius 1 is 1.05 bits per heavy atom. The highest BCUT2D eigenvalue weighted by Crippen LogP contribution is 2.19. The van der Waals surface area contributed by atoms with Gasteiger partial charge < -0.3 is 4.74 Å². The van der Waals surface area contributed by atoms with Crippen LogP contribution >= 0.6 is 0 Å². The van der Waals surface area contributed by atoms with Gasteiger partial charge >= 0.3 is 0 Å². The van der Waals surface area contributed by atoms with Crippen LogP contribution in [0.4, 0.5) is 4.39 Å². The summed E-state index contributed by atoms with van der Waals surface area (Å²) in [6.07, 6.45) is 0. The average molecular weight is 252 g/mol. The summed E-state index contributed by atoms with van der Waals surface area (Å²) in [5.74, 6) is -0.0813. The lowest BCUT2D eigenvalue weighted by Crippen LogP contribution is -2.00. The van der Waals surface area contributed by atoms with E-state index < -0.39 is 5.82 Å². The van der Waals surface area contributed by atoms with Gasteiger partial charge in [-0.25, -0.2) is 4.39 Å². The Morgan fingerprint density at radius 3 is 2.53 bits per heavy atom. The fraction of sp³-hybridized carbons (Fsp3) is 0.0667. The molecule has 0 heterocycles. The topological polar surface area (TPSA) is 56.8 Å². The first-order valence-electron chi connectivity index (χ1n) is 5.55. The Bertz CT molecular complexity index is 683. The molecule has 92 valence electrons. The molecule has 0 aliphatic rings. The first-order chi connectivity index (χ1) is 9.24. The van der Waals surface area contributed by atoms with Gasteiger partial charge in [0.05, 0.1) is 17.2 Å². The number of hydrogen-bond donors (Lipinski definition) is 0. The number of ether oxygens (including phenoxy) is 1. The van der Waals surface area contributed by atoms with Crippen LogP contribution in [0.3, 0.4) is 0 Å². The Hall–Kier alpha value is -2.85. The number of para-hydroxylation sites is 1. The van der Waals surface area contributed by atoms with Crippen molar-refractivity contribution in [3.8, 4) is 17.9 Å². The van der Waals surface area contributed by atoms with Gasteiger partial charge in [0.2, 0.25) is 0 Å². The Labute approximate surface area is 110 Å². The van der Waals surface area contributed by atoms with Crippen molar-refractivity contribution in [2.45, 2.75) is 6.61 Å². The molecule has 0 atom stereocenters. The first kappa shape index (κ1) is 12.6. The third-order valence-electron chi connectivity index (χ3n) is 2.57. The summed E-state index contributed by atoms with van der Waals surface area (Å²) in [7, 11) is 0. The summed E-state index contributed by atoms with van der Waals surface area (Å²) in [5, 5.41) is 17.5. The molecule has 4 heteroatoms. The smallest absolute Gasteiger partial charge is 0.137 e. The van der Waals surface area contributed by atoms with E-state index in [1.165, 1.54) is 12.1 Å². The molecule has 0 aliphatic heterocycles. The van der Waals surface area contributed by atoms with Gasteiger partial charge in [0.15, 0.2) is 0 Å². The molecule has 2 aromatic rings. The molecule has 0 aromatic heterocycles. The third-order valence-corrected chi connectivity index (χ3v) is 2.57. The second-order valence-electron chi connectivity index (χ2n) is 3.81. The minimum atomic E-state index is -0.492. The number of halogens is 1. The lowest BCUT2D eigenvalue weighted by atomic mass is 10.1. The van der Waals surface area contributed by atoms with Gasteiger partial charge in [-0.1, -0.05) is 18.2 Å². The van der Waals surface area contributed by atoms with Gasteiger partial charge in [-0.2, -0.15) is 10.5 Å². The van der Waals surface area contributed by atoms with Gasteiger partial charge in [0, 0.05) is 5.56 Å². The van der Waals surface area contributed by atoms with E-state index in [2.05, 4.69) is 0 Å². The van der Waals surface area contributed by atoms with Crippen molar-refractivity contribution < 1.29 is 9.13 Å². The largest absolute Gasteiger partial charge is 0.487 e. The number of hydrogen-bond acceptors (Lipinski definition) is 3. The molecular weight excluding hydrogens is 243 g/mol. The number of rotatable bonds is 3. The zero-order chi connectivity index (χ0) is 13.7. The quantitative estimate of drug-likeness (QED) is 0.843. The molecule has 0 saturated heterocycles. The van der Waals surface area contributed by atoms with Crippen molar-refractivity contribution in [1.82, 2.24) is 0 Å². The molecule has 0 spiro atoms. The van der Waals surface area contributed by atoms with Gasteiger partial charge in [0.1, 0.15) is 24.2 Å². The standard InChI is InChI=1S/C15H9FN2O/c16-14-7-11(8-17)5-6-13(14)10-19-15-4-2-1-3-12(15)9-18/h1-7H,10H2. The SMILES string of the molecule is N#Cc1ccc(COc2ccccc2C#N)c(F)c1. The van der Waals surface area contributed by atoms with Gasteiger partial charge in [-0.15, -0.1) is 0 Å². The maximum absolute atomic E-state index is 13.6. The molecule has 2 aromatic carbocycles. The molecule has 0 unspecified atom stereocenters. The molecule has 0 N–H and O–H groups in total. The van der Waals surface area contributed by atoms with E-state index in [0.29, 0.717) is 16.9 Å². The lowest BCUT2D eigenvalue weighted by molar-refractivity contribution is 0.299. The molecule has 0 saturated carbocycles. The summed E-state index contributed by atoms with van der Waals surface area (Å²) in [4.78, 5) is 0. The second-order valence-corrected chi connectivity index (χ2v) is 3.81. The fourth-order valence-corrected chi connectivity index (χ4v) is 1.57. The molecule has 2 rings (SSSR count). The van der Waals surface area contributed by atoms with Crippen LogP contribution < -0.4 is 4.74 Å². The number of nitrogens with zero attached hydrogens (tertiary/aromatic N) is 2. The minimum absolute atomic E-state index is 0.0102. The van der Waals surface area contributed by atoms with E-state index in [0.717, 1.165) is 6.07 Å². The summed E-state index contributed by atoms with van der Waals surface area (Å²) < 4.78 is 19.0. The monoisotopic (exact) mass is 252 g/mol. The van der Waals surface area contributed by atoms with Crippen molar-refractivity contribution in [2.24, 2.45) is 0 Å². The number of benzene rings is 2. The summed E-state index contributed by atoms with van der Waals surface area (Å²) in [6.45, 7) is 0.0102. The molecule has 0 aliphatic carbocycles. The van der Waals surface area contributed by atoms with Crippen molar-refractivity contribution in [1.29, 1.82) is 10.5 Å². The fourth-order valence-electron chi connectivity index (χ4n) is 1.57. The van der Waals surface area contributed by atoms with Crippen LogP contribution in [0.2, 0.25) is 0 Å². The molecular formula is C15H9FN2O. The maximum Gasteiger partial charge on any atom is 0.137 e. The predicted octanol–water partition coefficient (Wildman–Crippen LogP) is 3.15. The van der Waals surface area contributed by atoms with Crippen molar-refractivity contribution in [3.05, 3.63) is 65.0 Å². The van der Waals surface area contributed by atoms with E-state index in [9.17, 15) is 4.39 Å². The van der Waals surface area contributed by atoms with Crippen LogP contribution in [0.1, 0.15) is 16.7 Å². The zero-order valence-electron chi connectivity index (χ0n) is 9.93. The van der Waals surface area contributed by atoms with Gasteiger partial charge in [0.25, 0.3) is 0 Å².